The minimum atomic E-state index is -0.0348. The van der Waals surface area contributed by atoms with E-state index in [0.29, 0.717) is 32.0 Å². The molecule has 1 amide bonds. The van der Waals surface area contributed by atoms with Gasteiger partial charge < -0.3 is 9.64 Å². The molecule has 9 heteroatoms. The van der Waals surface area contributed by atoms with Crippen LogP contribution in [0.1, 0.15) is 20.9 Å². The quantitative estimate of drug-likeness (QED) is 0.410. The smallest absolute Gasteiger partial charge is 0.272 e. The van der Waals surface area contributed by atoms with Gasteiger partial charge in [-0.1, -0.05) is 12.1 Å². The van der Waals surface area contributed by atoms with Crippen molar-refractivity contribution >= 4 is 28.1 Å². The number of benzene rings is 1. The molecule has 174 valence electrons. The molecule has 1 fully saturated rings. The molecular weight excluding hydrogens is 460 g/mol. The lowest BCUT2D eigenvalue weighted by Gasteiger charge is -2.26. The molecule has 1 N–H and O–H groups in total. The number of morpholine rings is 1. The van der Waals surface area contributed by atoms with Gasteiger partial charge in [0, 0.05) is 70.1 Å². The number of aromatic amines is 1. The van der Waals surface area contributed by atoms with E-state index in [9.17, 15) is 4.79 Å². The number of ether oxygens (including phenoxy) is 1. The molecule has 1 aromatic carbocycles. The molecule has 0 bridgehead atoms. The second kappa shape index (κ2) is 7.86. The van der Waals surface area contributed by atoms with Crippen molar-refractivity contribution in [2.45, 2.75) is 6.42 Å². The van der Waals surface area contributed by atoms with E-state index in [-0.39, 0.29) is 5.91 Å². The number of nitrogens with one attached hydrogen (secondary N) is 1. The first kappa shape index (κ1) is 20.5. The van der Waals surface area contributed by atoms with Gasteiger partial charge in [-0.3, -0.25) is 19.6 Å². The Hall–Kier alpha value is -3.82. The number of carbonyl (C=O) groups is 1. The fraction of sp³-hybridized carbons (Fsp3) is 0.231. The minimum absolute atomic E-state index is 0.0348. The Morgan fingerprint density at radius 3 is 2.77 bits per heavy atom. The SMILES string of the molecule is Cn1ncc2ccc(-c3n[nH]c4c3Cc3sc(-c5ccc(C(=O)N6CCOCC6)nc5)cc3-4)cc21. The highest BCUT2D eigenvalue weighted by Crippen LogP contribution is 2.46. The number of amides is 1. The van der Waals surface area contributed by atoms with Crippen LogP contribution < -0.4 is 0 Å². The molecule has 0 unspecified atom stereocenters. The number of thiophene rings is 1. The molecular formula is C26H22N6O2S. The highest BCUT2D eigenvalue weighted by atomic mass is 32.1. The van der Waals surface area contributed by atoms with Crippen molar-refractivity contribution in [1.82, 2.24) is 29.9 Å². The van der Waals surface area contributed by atoms with Crippen LogP contribution in [0.3, 0.4) is 0 Å². The highest BCUT2D eigenvalue weighted by molar-refractivity contribution is 7.16. The Morgan fingerprint density at radius 1 is 1.09 bits per heavy atom. The molecule has 0 spiro atoms. The third-order valence-corrected chi connectivity index (χ3v) is 8.05. The molecule has 1 aliphatic heterocycles. The number of nitrogens with zero attached hydrogens (tertiary/aromatic N) is 5. The van der Waals surface area contributed by atoms with E-state index in [1.807, 2.05) is 30.1 Å². The largest absolute Gasteiger partial charge is 0.378 e. The standard InChI is InChI=1S/C26H22N6O2S/c1-31-21-10-15(2-3-16(21)14-28-31)24-19-12-23-18(25(19)30-29-24)11-22(35-23)17-4-5-20(27-13-17)26(33)32-6-8-34-9-7-32/h2-5,10-11,13-14H,6-9,12H2,1H3,(H,29,30). The zero-order chi connectivity index (χ0) is 23.5. The zero-order valence-corrected chi connectivity index (χ0v) is 19.9. The Balaban J connectivity index is 1.16. The maximum absolute atomic E-state index is 12.7. The Kier molecular flexibility index (Phi) is 4.61. The van der Waals surface area contributed by atoms with Gasteiger partial charge in [0.2, 0.25) is 0 Å². The number of H-pyrrole nitrogens is 1. The number of aryl methyl sites for hydroxylation is 1. The van der Waals surface area contributed by atoms with Crippen LogP contribution in [0.5, 0.6) is 0 Å². The van der Waals surface area contributed by atoms with Gasteiger partial charge in [0.1, 0.15) is 5.69 Å². The van der Waals surface area contributed by atoms with E-state index in [1.54, 1.807) is 22.4 Å². The van der Waals surface area contributed by atoms with Crippen LogP contribution in [-0.2, 0) is 18.2 Å². The predicted octanol–water partition coefficient (Wildman–Crippen LogP) is 4.13. The number of rotatable bonds is 3. The van der Waals surface area contributed by atoms with E-state index in [0.717, 1.165) is 44.7 Å². The summed E-state index contributed by atoms with van der Waals surface area (Å²) in [5, 5.41) is 13.4. The summed E-state index contributed by atoms with van der Waals surface area (Å²) in [6, 6.07) is 12.4. The maximum Gasteiger partial charge on any atom is 0.272 e. The monoisotopic (exact) mass is 482 g/mol. The summed E-state index contributed by atoms with van der Waals surface area (Å²) in [6.07, 6.45) is 4.54. The summed E-state index contributed by atoms with van der Waals surface area (Å²) in [5.74, 6) is -0.0348. The van der Waals surface area contributed by atoms with Crippen LogP contribution in [0.2, 0.25) is 0 Å². The van der Waals surface area contributed by atoms with Gasteiger partial charge in [0.15, 0.2) is 0 Å². The molecule has 2 aliphatic rings. The Bertz CT molecular complexity index is 1590. The van der Waals surface area contributed by atoms with Crippen molar-refractivity contribution in [3.05, 3.63) is 64.9 Å². The molecule has 0 radical (unpaired) electrons. The lowest BCUT2D eigenvalue weighted by atomic mass is 10.0. The molecule has 5 heterocycles. The van der Waals surface area contributed by atoms with Crippen LogP contribution in [0.15, 0.2) is 48.8 Å². The molecule has 0 atom stereocenters. The van der Waals surface area contributed by atoms with Crippen LogP contribution in [0.25, 0.3) is 43.9 Å². The predicted molar refractivity (Wildman–Crippen MR) is 134 cm³/mol. The summed E-state index contributed by atoms with van der Waals surface area (Å²) in [6.45, 7) is 2.40. The first-order valence-electron chi connectivity index (χ1n) is 11.6. The summed E-state index contributed by atoms with van der Waals surface area (Å²) >= 11 is 1.78. The summed E-state index contributed by atoms with van der Waals surface area (Å²) in [4.78, 5) is 21.4. The normalized spacial score (nSPS) is 14.9. The van der Waals surface area contributed by atoms with Gasteiger partial charge in [-0.15, -0.1) is 11.3 Å². The molecule has 4 aromatic heterocycles. The maximum atomic E-state index is 12.7. The van der Waals surface area contributed by atoms with Crippen LogP contribution in [0, 0.1) is 0 Å². The number of pyridine rings is 1. The van der Waals surface area contributed by atoms with Crippen LogP contribution in [0.4, 0.5) is 0 Å². The number of hydrogen-bond acceptors (Lipinski definition) is 6. The molecule has 7 rings (SSSR count). The zero-order valence-electron chi connectivity index (χ0n) is 19.1. The van der Waals surface area contributed by atoms with E-state index in [2.05, 4.69) is 44.5 Å². The van der Waals surface area contributed by atoms with Crippen LogP contribution in [-0.4, -0.2) is 62.1 Å². The average molecular weight is 483 g/mol. The summed E-state index contributed by atoms with van der Waals surface area (Å²) in [7, 11) is 1.96. The van der Waals surface area contributed by atoms with Gasteiger partial charge in [-0.2, -0.15) is 10.2 Å². The molecule has 35 heavy (non-hydrogen) atoms. The molecule has 0 saturated carbocycles. The summed E-state index contributed by atoms with van der Waals surface area (Å²) < 4.78 is 7.23. The fourth-order valence-electron chi connectivity index (χ4n) is 4.96. The van der Waals surface area contributed by atoms with E-state index in [1.165, 1.54) is 16.0 Å². The lowest BCUT2D eigenvalue weighted by molar-refractivity contribution is 0.0299. The second-order valence-corrected chi connectivity index (χ2v) is 10.1. The second-order valence-electron chi connectivity index (χ2n) is 8.93. The van der Waals surface area contributed by atoms with Gasteiger partial charge in [0.25, 0.3) is 5.91 Å². The fourth-order valence-corrected chi connectivity index (χ4v) is 6.13. The third kappa shape index (κ3) is 3.30. The van der Waals surface area contributed by atoms with E-state index >= 15 is 0 Å². The highest BCUT2D eigenvalue weighted by Gasteiger charge is 2.28. The van der Waals surface area contributed by atoms with E-state index in [4.69, 9.17) is 4.74 Å². The molecule has 5 aromatic rings. The van der Waals surface area contributed by atoms with Crippen molar-refractivity contribution in [3.63, 3.8) is 0 Å². The van der Waals surface area contributed by atoms with Crippen molar-refractivity contribution in [1.29, 1.82) is 0 Å². The number of aromatic nitrogens is 5. The first-order chi connectivity index (χ1) is 17.2. The van der Waals surface area contributed by atoms with Gasteiger partial charge in [-0.05, 0) is 24.3 Å². The topological polar surface area (TPSA) is 88.9 Å². The van der Waals surface area contributed by atoms with Crippen molar-refractivity contribution in [3.8, 4) is 33.0 Å². The van der Waals surface area contributed by atoms with Gasteiger partial charge in [-0.25, -0.2) is 0 Å². The Labute approximate surface area is 205 Å². The van der Waals surface area contributed by atoms with Gasteiger partial charge in [0.05, 0.1) is 36.3 Å². The van der Waals surface area contributed by atoms with Crippen molar-refractivity contribution < 1.29 is 9.53 Å². The molecule has 1 saturated heterocycles. The number of carbonyl (C=O) groups excluding carboxylic acids is 1. The number of hydrogen-bond donors (Lipinski definition) is 1. The van der Waals surface area contributed by atoms with Crippen molar-refractivity contribution in [2.75, 3.05) is 26.3 Å². The number of fused-ring (bicyclic) bond motifs is 4. The molecule has 8 nitrogen and oxygen atoms in total. The Morgan fingerprint density at radius 2 is 1.94 bits per heavy atom. The lowest BCUT2D eigenvalue weighted by Crippen LogP contribution is -2.41. The van der Waals surface area contributed by atoms with Crippen molar-refractivity contribution in [2.24, 2.45) is 7.05 Å². The summed E-state index contributed by atoms with van der Waals surface area (Å²) in [5.41, 5.74) is 8.22. The third-order valence-electron chi connectivity index (χ3n) is 6.87. The van der Waals surface area contributed by atoms with E-state index < -0.39 is 0 Å². The average Bonchev–Trinajstić information content (AvgIpc) is 3.66. The minimum Gasteiger partial charge on any atom is -0.378 e. The molecule has 1 aliphatic carbocycles. The van der Waals surface area contributed by atoms with Gasteiger partial charge >= 0.3 is 0 Å². The van der Waals surface area contributed by atoms with Crippen LogP contribution >= 0.6 is 11.3 Å². The first-order valence-corrected chi connectivity index (χ1v) is 12.4.